The summed E-state index contributed by atoms with van der Waals surface area (Å²) in [4.78, 5) is 2.24. The molecule has 1 unspecified atom stereocenters. The summed E-state index contributed by atoms with van der Waals surface area (Å²) >= 11 is 1.60. The maximum Gasteiger partial charge on any atom is 0.205 e. The fourth-order valence-corrected chi connectivity index (χ4v) is 2.17. The van der Waals surface area contributed by atoms with E-state index in [0.29, 0.717) is 12.0 Å². The fourth-order valence-electron chi connectivity index (χ4n) is 1.57. The van der Waals surface area contributed by atoms with Crippen molar-refractivity contribution in [3.63, 3.8) is 0 Å². The van der Waals surface area contributed by atoms with Gasteiger partial charge in [-0.1, -0.05) is 25.2 Å². The summed E-state index contributed by atoms with van der Waals surface area (Å²) in [6.07, 6.45) is 0. The second-order valence-corrected chi connectivity index (χ2v) is 5.46. The Labute approximate surface area is 95.7 Å². The number of rotatable bonds is 5. The number of hydrogen-bond donors (Lipinski definition) is 1. The number of aryl methyl sites for hydroxylation is 1. The molecule has 0 saturated heterocycles. The van der Waals surface area contributed by atoms with Crippen molar-refractivity contribution in [1.82, 2.24) is 15.1 Å². The van der Waals surface area contributed by atoms with Crippen LogP contribution in [-0.2, 0) is 0 Å². The predicted octanol–water partition coefficient (Wildman–Crippen LogP) is 1.84. The van der Waals surface area contributed by atoms with Crippen molar-refractivity contribution in [3.05, 3.63) is 5.01 Å². The van der Waals surface area contributed by atoms with Gasteiger partial charge in [0.1, 0.15) is 5.01 Å². The van der Waals surface area contributed by atoms with E-state index in [1.165, 1.54) is 0 Å². The van der Waals surface area contributed by atoms with Gasteiger partial charge in [0.2, 0.25) is 5.13 Å². The highest BCUT2D eigenvalue weighted by Gasteiger charge is 2.15. The molecule has 0 radical (unpaired) electrons. The molecule has 0 aromatic carbocycles. The Bertz CT molecular complexity index is 287. The van der Waals surface area contributed by atoms with E-state index >= 15 is 0 Å². The van der Waals surface area contributed by atoms with Crippen LogP contribution in [0.4, 0.5) is 5.13 Å². The topological polar surface area (TPSA) is 41.1 Å². The van der Waals surface area contributed by atoms with E-state index in [1.54, 1.807) is 11.3 Å². The van der Waals surface area contributed by atoms with E-state index in [-0.39, 0.29) is 0 Å². The normalized spacial score (nSPS) is 13.5. The molecule has 86 valence electrons. The lowest BCUT2D eigenvalue weighted by Crippen LogP contribution is -2.38. The molecule has 0 saturated carbocycles. The zero-order valence-electron chi connectivity index (χ0n) is 10.1. The first-order valence-electron chi connectivity index (χ1n) is 5.21. The van der Waals surface area contributed by atoms with Gasteiger partial charge in [-0.05, 0) is 26.9 Å². The monoisotopic (exact) mass is 228 g/mol. The zero-order valence-corrected chi connectivity index (χ0v) is 10.9. The Kier molecular flexibility index (Phi) is 4.47. The predicted molar refractivity (Wildman–Crippen MR) is 65.4 cm³/mol. The number of likely N-dealkylation sites (N-methyl/N-ethyl adjacent to an activating group) is 1. The highest BCUT2D eigenvalue weighted by molar-refractivity contribution is 7.15. The van der Waals surface area contributed by atoms with E-state index in [2.05, 4.69) is 48.4 Å². The first kappa shape index (κ1) is 12.4. The minimum absolute atomic E-state index is 0.522. The highest BCUT2D eigenvalue weighted by atomic mass is 32.1. The molecule has 0 amide bonds. The first-order chi connectivity index (χ1) is 7.00. The SMILES string of the molecule is Cc1nnc(NCC(C(C)C)N(C)C)s1. The summed E-state index contributed by atoms with van der Waals surface area (Å²) < 4.78 is 0. The largest absolute Gasteiger partial charge is 0.358 e. The smallest absolute Gasteiger partial charge is 0.205 e. The van der Waals surface area contributed by atoms with E-state index in [9.17, 15) is 0 Å². The Hall–Kier alpha value is -0.680. The number of anilines is 1. The third kappa shape index (κ3) is 3.76. The second-order valence-electron chi connectivity index (χ2n) is 4.28. The van der Waals surface area contributed by atoms with Crippen molar-refractivity contribution in [3.8, 4) is 0 Å². The average molecular weight is 228 g/mol. The molecule has 1 atom stereocenters. The van der Waals surface area contributed by atoms with Gasteiger partial charge in [0, 0.05) is 12.6 Å². The van der Waals surface area contributed by atoms with Crippen LogP contribution < -0.4 is 5.32 Å². The summed E-state index contributed by atoms with van der Waals surface area (Å²) in [7, 11) is 4.22. The summed E-state index contributed by atoms with van der Waals surface area (Å²) in [6, 6.07) is 0.522. The Morgan fingerprint density at radius 1 is 1.33 bits per heavy atom. The molecule has 1 rings (SSSR count). The van der Waals surface area contributed by atoms with Gasteiger partial charge >= 0.3 is 0 Å². The van der Waals surface area contributed by atoms with Crippen LogP contribution in [-0.4, -0.2) is 41.8 Å². The van der Waals surface area contributed by atoms with E-state index in [1.807, 2.05) is 6.92 Å². The lowest BCUT2D eigenvalue weighted by molar-refractivity contribution is 0.243. The molecule has 1 aromatic rings. The van der Waals surface area contributed by atoms with Crippen LogP contribution in [0.2, 0.25) is 0 Å². The molecule has 0 bridgehead atoms. The maximum absolute atomic E-state index is 4.05. The van der Waals surface area contributed by atoms with Gasteiger partial charge in [0.25, 0.3) is 0 Å². The summed E-state index contributed by atoms with van der Waals surface area (Å²) in [5.41, 5.74) is 0. The van der Waals surface area contributed by atoms with Crippen LogP contribution in [0.3, 0.4) is 0 Å². The van der Waals surface area contributed by atoms with Crippen molar-refractivity contribution in [2.75, 3.05) is 26.0 Å². The highest BCUT2D eigenvalue weighted by Crippen LogP contribution is 2.15. The minimum atomic E-state index is 0.522. The molecule has 1 heterocycles. The quantitative estimate of drug-likeness (QED) is 0.835. The maximum atomic E-state index is 4.05. The lowest BCUT2D eigenvalue weighted by atomic mass is 10.0. The van der Waals surface area contributed by atoms with Gasteiger partial charge in [-0.3, -0.25) is 0 Å². The second kappa shape index (κ2) is 5.42. The van der Waals surface area contributed by atoms with Crippen LogP contribution in [0.25, 0.3) is 0 Å². The standard InChI is InChI=1S/C10H20N4S/c1-7(2)9(14(4)5)6-11-10-13-12-8(3)15-10/h7,9H,6H2,1-5H3,(H,11,13). The van der Waals surface area contributed by atoms with Crippen LogP contribution >= 0.6 is 11.3 Å². The van der Waals surface area contributed by atoms with E-state index < -0.39 is 0 Å². The van der Waals surface area contributed by atoms with E-state index in [4.69, 9.17) is 0 Å². The Morgan fingerprint density at radius 3 is 2.40 bits per heavy atom. The molecule has 4 nitrogen and oxygen atoms in total. The fraction of sp³-hybridized carbons (Fsp3) is 0.800. The van der Waals surface area contributed by atoms with Gasteiger partial charge in [0.15, 0.2) is 0 Å². The van der Waals surface area contributed by atoms with E-state index in [0.717, 1.165) is 16.7 Å². The van der Waals surface area contributed by atoms with Crippen molar-refractivity contribution < 1.29 is 0 Å². The van der Waals surface area contributed by atoms with Crippen LogP contribution in [0.1, 0.15) is 18.9 Å². The first-order valence-corrected chi connectivity index (χ1v) is 6.02. The summed E-state index contributed by atoms with van der Waals surface area (Å²) in [5.74, 6) is 0.626. The molecule has 0 aliphatic heterocycles. The van der Waals surface area contributed by atoms with Gasteiger partial charge in [0.05, 0.1) is 0 Å². The van der Waals surface area contributed by atoms with Gasteiger partial charge < -0.3 is 10.2 Å². The van der Waals surface area contributed by atoms with Gasteiger partial charge in [-0.15, -0.1) is 10.2 Å². The molecule has 15 heavy (non-hydrogen) atoms. The number of nitrogens with zero attached hydrogens (tertiary/aromatic N) is 3. The summed E-state index contributed by atoms with van der Waals surface area (Å²) in [6.45, 7) is 7.35. The summed E-state index contributed by atoms with van der Waals surface area (Å²) in [5, 5.41) is 13.3. The third-order valence-corrected chi connectivity index (χ3v) is 3.22. The Morgan fingerprint density at radius 2 is 2.00 bits per heavy atom. The van der Waals surface area contributed by atoms with Crippen molar-refractivity contribution >= 4 is 16.5 Å². The number of hydrogen-bond acceptors (Lipinski definition) is 5. The van der Waals surface area contributed by atoms with Gasteiger partial charge in [-0.25, -0.2) is 0 Å². The molecular formula is C10H20N4S. The molecule has 1 N–H and O–H groups in total. The minimum Gasteiger partial charge on any atom is -0.358 e. The number of aromatic nitrogens is 2. The third-order valence-electron chi connectivity index (χ3n) is 2.42. The van der Waals surface area contributed by atoms with Crippen molar-refractivity contribution in [2.24, 2.45) is 5.92 Å². The van der Waals surface area contributed by atoms with Crippen LogP contribution in [0, 0.1) is 12.8 Å². The molecule has 0 aliphatic carbocycles. The molecule has 1 aromatic heterocycles. The Balaban J connectivity index is 2.47. The van der Waals surface area contributed by atoms with Crippen molar-refractivity contribution in [2.45, 2.75) is 26.8 Å². The molecule has 0 spiro atoms. The number of nitrogens with one attached hydrogen (secondary N) is 1. The van der Waals surface area contributed by atoms with Crippen LogP contribution in [0.15, 0.2) is 0 Å². The zero-order chi connectivity index (χ0) is 11.4. The molecule has 0 aliphatic rings. The van der Waals surface area contributed by atoms with Crippen molar-refractivity contribution in [1.29, 1.82) is 0 Å². The average Bonchev–Trinajstić information content (AvgIpc) is 2.50. The molecule has 5 heteroatoms. The van der Waals surface area contributed by atoms with Gasteiger partial charge in [-0.2, -0.15) is 0 Å². The molecule has 0 fully saturated rings. The molecular weight excluding hydrogens is 208 g/mol. The lowest BCUT2D eigenvalue weighted by Gasteiger charge is -2.27. The van der Waals surface area contributed by atoms with Crippen LogP contribution in [0.5, 0.6) is 0 Å².